The molecule has 1 aromatic carbocycles. The summed E-state index contributed by atoms with van der Waals surface area (Å²) in [6.45, 7) is 9.09. The molecule has 6 nitrogen and oxygen atoms in total. The maximum absolute atomic E-state index is 13.2. The normalized spacial score (nSPS) is 14.9. The van der Waals surface area contributed by atoms with Crippen LogP contribution < -0.4 is 4.90 Å². The molecule has 6 heteroatoms. The van der Waals surface area contributed by atoms with E-state index in [1.807, 2.05) is 54.0 Å². The lowest BCUT2D eigenvalue weighted by Gasteiger charge is -2.32. The number of nitrogens with one attached hydrogen (secondary N) is 1. The molecular formula is C23H28N5O+. The molecule has 0 bridgehead atoms. The standard InChI is InChI=1S/C23H27N5O/c1-18-22(19(2)28(25-18)17-20-6-4-3-5-7-20)23(29)27-14-12-26(13-15-27)16-21-8-10-24-11-9-21/h3-11H,12-17H2,1-2H3/p+1. The second-order valence-electron chi connectivity index (χ2n) is 7.76. The van der Waals surface area contributed by atoms with E-state index in [0.29, 0.717) is 6.54 Å². The summed E-state index contributed by atoms with van der Waals surface area (Å²) >= 11 is 0. The highest BCUT2D eigenvalue weighted by Gasteiger charge is 2.28. The highest BCUT2D eigenvalue weighted by Crippen LogP contribution is 2.17. The molecule has 1 fully saturated rings. The topological polar surface area (TPSA) is 55.5 Å². The van der Waals surface area contributed by atoms with Crippen LogP contribution in [-0.4, -0.2) is 51.8 Å². The molecule has 1 aliphatic rings. The van der Waals surface area contributed by atoms with E-state index in [2.05, 4.69) is 34.3 Å². The van der Waals surface area contributed by atoms with Crippen molar-refractivity contribution < 1.29 is 9.69 Å². The predicted molar refractivity (Wildman–Crippen MR) is 112 cm³/mol. The second-order valence-corrected chi connectivity index (χ2v) is 7.76. The number of amides is 1. The van der Waals surface area contributed by atoms with Gasteiger partial charge >= 0.3 is 0 Å². The predicted octanol–water partition coefficient (Wildman–Crippen LogP) is 1.48. The summed E-state index contributed by atoms with van der Waals surface area (Å²) in [6, 6.07) is 14.4. The lowest BCUT2D eigenvalue weighted by Crippen LogP contribution is -3.13. The first-order chi connectivity index (χ1) is 14.1. The fourth-order valence-corrected chi connectivity index (χ4v) is 4.07. The van der Waals surface area contributed by atoms with Crippen molar-refractivity contribution >= 4 is 5.91 Å². The van der Waals surface area contributed by atoms with Gasteiger partial charge in [0.1, 0.15) is 6.54 Å². The molecule has 4 rings (SSSR count). The number of pyridine rings is 1. The molecule has 0 unspecified atom stereocenters. The Morgan fingerprint density at radius 3 is 2.38 bits per heavy atom. The van der Waals surface area contributed by atoms with E-state index in [9.17, 15) is 4.79 Å². The number of carbonyl (C=O) groups is 1. The van der Waals surface area contributed by atoms with Crippen LogP contribution >= 0.6 is 0 Å². The molecule has 1 amide bonds. The number of aromatic nitrogens is 3. The molecule has 1 saturated heterocycles. The summed E-state index contributed by atoms with van der Waals surface area (Å²) in [4.78, 5) is 20.8. The van der Waals surface area contributed by atoms with Crippen molar-refractivity contribution in [3.05, 3.63) is 82.9 Å². The zero-order valence-corrected chi connectivity index (χ0v) is 17.1. The summed E-state index contributed by atoms with van der Waals surface area (Å²) in [5.41, 5.74) is 5.01. The molecule has 2 aromatic heterocycles. The van der Waals surface area contributed by atoms with Crippen LogP contribution in [0.25, 0.3) is 0 Å². The van der Waals surface area contributed by atoms with Gasteiger partial charge < -0.3 is 9.80 Å². The van der Waals surface area contributed by atoms with Gasteiger partial charge in [-0.25, -0.2) is 0 Å². The maximum atomic E-state index is 13.2. The minimum Gasteiger partial charge on any atom is -0.328 e. The Labute approximate surface area is 171 Å². The first-order valence-corrected chi connectivity index (χ1v) is 10.2. The lowest BCUT2D eigenvalue weighted by molar-refractivity contribution is -0.917. The van der Waals surface area contributed by atoms with E-state index in [0.717, 1.165) is 49.7 Å². The minimum atomic E-state index is 0.113. The molecule has 0 radical (unpaired) electrons. The zero-order chi connectivity index (χ0) is 20.2. The Hall–Kier alpha value is -2.99. The monoisotopic (exact) mass is 390 g/mol. The van der Waals surface area contributed by atoms with Crippen LogP contribution in [0, 0.1) is 13.8 Å². The minimum absolute atomic E-state index is 0.113. The van der Waals surface area contributed by atoms with Crippen molar-refractivity contribution in [1.82, 2.24) is 19.7 Å². The number of benzene rings is 1. The van der Waals surface area contributed by atoms with Gasteiger partial charge in [0.15, 0.2) is 0 Å². The molecular weight excluding hydrogens is 362 g/mol. The summed E-state index contributed by atoms with van der Waals surface area (Å²) in [7, 11) is 0. The number of piperazine rings is 1. The van der Waals surface area contributed by atoms with Gasteiger partial charge in [0, 0.05) is 23.7 Å². The maximum Gasteiger partial charge on any atom is 0.258 e. The molecule has 1 N–H and O–H groups in total. The third kappa shape index (κ3) is 4.38. The Morgan fingerprint density at radius 2 is 1.69 bits per heavy atom. The highest BCUT2D eigenvalue weighted by molar-refractivity contribution is 5.96. The molecule has 3 aromatic rings. The van der Waals surface area contributed by atoms with Crippen LogP contribution in [0.3, 0.4) is 0 Å². The van der Waals surface area contributed by atoms with Crippen molar-refractivity contribution in [2.45, 2.75) is 26.9 Å². The average Bonchev–Trinajstić information content (AvgIpc) is 3.02. The van der Waals surface area contributed by atoms with Gasteiger partial charge in [-0.2, -0.15) is 5.10 Å². The largest absolute Gasteiger partial charge is 0.328 e. The highest BCUT2D eigenvalue weighted by atomic mass is 16.2. The number of rotatable bonds is 5. The van der Waals surface area contributed by atoms with Gasteiger partial charge in [-0.3, -0.25) is 14.5 Å². The third-order valence-electron chi connectivity index (χ3n) is 5.73. The van der Waals surface area contributed by atoms with Gasteiger partial charge in [0.05, 0.1) is 44.0 Å². The van der Waals surface area contributed by atoms with Crippen LogP contribution in [-0.2, 0) is 13.1 Å². The van der Waals surface area contributed by atoms with Crippen molar-refractivity contribution in [2.75, 3.05) is 26.2 Å². The molecule has 0 spiro atoms. The van der Waals surface area contributed by atoms with Gasteiger partial charge in [0.25, 0.3) is 5.91 Å². The van der Waals surface area contributed by atoms with Gasteiger partial charge in [-0.05, 0) is 31.5 Å². The smallest absolute Gasteiger partial charge is 0.258 e. The van der Waals surface area contributed by atoms with Crippen LogP contribution in [0.4, 0.5) is 0 Å². The average molecular weight is 391 g/mol. The van der Waals surface area contributed by atoms with E-state index in [1.165, 1.54) is 16.0 Å². The quantitative estimate of drug-likeness (QED) is 0.718. The van der Waals surface area contributed by atoms with Crippen molar-refractivity contribution in [2.24, 2.45) is 0 Å². The SMILES string of the molecule is Cc1nn(Cc2ccccc2)c(C)c1C(=O)N1CC[NH+](Cc2ccncc2)CC1. The summed E-state index contributed by atoms with van der Waals surface area (Å²) < 4.78 is 1.95. The zero-order valence-electron chi connectivity index (χ0n) is 17.1. The first-order valence-electron chi connectivity index (χ1n) is 10.2. The number of hydrogen-bond donors (Lipinski definition) is 1. The van der Waals surface area contributed by atoms with Gasteiger partial charge in [-0.1, -0.05) is 30.3 Å². The molecule has 0 atom stereocenters. The number of quaternary nitrogens is 1. The number of hydrogen-bond acceptors (Lipinski definition) is 3. The van der Waals surface area contributed by atoms with E-state index >= 15 is 0 Å². The van der Waals surface area contributed by atoms with Crippen molar-refractivity contribution in [3.63, 3.8) is 0 Å². The Kier molecular flexibility index (Phi) is 5.71. The number of nitrogens with zero attached hydrogens (tertiary/aromatic N) is 4. The number of carbonyl (C=O) groups excluding carboxylic acids is 1. The summed E-state index contributed by atoms with van der Waals surface area (Å²) in [5.74, 6) is 0.113. The van der Waals surface area contributed by atoms with E-state index < -0.39 is 0 Å². The fraction of sp³-hybridized carbons (Fsp3) is 0.348. The van der Waals surface area contributed by atoms with Crippen LogP contribution in [0.5, 0.6) is 0 Å². The Morgan fingerprint density at radius 1 is 1.00 bits per heavy atom. The summed E-state index contributed by atoms with van der Waals surface area (Å²) in [5, 5.41) is 4.65. The Balaban J connectivity index is 1.41. The van der Waals surface area contributed by atoms with E-state index in [4.69, 9.17) is 0 Å². The van der Waals surface area contributed by atoms with Crippen molar-refractivity contribution in [3.8, 4) is 0 Å². The first kappa shape index (κ1) is 19.3. The molecule has 0 aliphatic carbocycles. The lowest BCUT2D eigenvalue weighted by atomic mass is 10.1. The van der Waals surface area contributed by atoms with Crippen LogP contribution in [0.1, 0.15) is 32.9 Å². The molecule has 1 aliphatic heterocycles. The Bertz CT molecular complexity index is 960. The van der Waals surface area contributed by atoms with E-state index in [-0.39, 0.29) is 5.91 Å². The van der Waals surface area contributed by atoms with Crippen molar-refractivity contribution in [1.29, 1.82) is 0 Å². The molecule has 3 heterocycles. The fourth-order valence-electron chi connectivity index (χ4n) is 4.07. The molecule has 29 heavy (non-hydrogen) atoms. The van der Waals surface area contributed by atoms with E-state index in [1.54, 1.807) is 0 Å². The van der Waals surface area contributed by atoms with Crippen LogP contribution in [0.2, 0.25) is 0 Å². The molecule has 150 valence electrons. The van der Waals surface area contributed by atoms with Gasteiger partial charge in [-0.15, -0.1) is 0 Å². The molecule has 0 saturated carbocycles. The number of aryl methyl sites for hydroxylation is 1. The van der Waals surface area contributed by atoms with Gasteiger partial charge in [0.2, 0.25) is 0 Å². The van der Waals surface area contributed by atoms with Crippen LogP contribution in [0.15, 0.2) is 54.9 Å². The second kappa shape index (κ2) is 8.57. The summed E-state index contributed by atoms with van der Waals surface area (Å²) in [6.07, 6.45) is 3.68. The third-order valence-corrected chi connectivity index (χ3v) is 5.73.